The molecule has 0 fully saturated rings. The van der Waals surface area contributed by atoms with Crippen LogP contribution in [0.25, 0.3) is 0 Å². The summed E-state index contributed by atoms with van der Waals surface area (Å²) in [4.78, 5) is 0. The summed E-state index contributed by atoms with van der Waals surface area (Å²) in [7, 11) is 5.40. The number of rotatable bonds is 7. The van der Waals surface area contributed by atoms with Crippen LogP contribution in [0.5, 0.6) is 0 Å². The van der Waals surface area contributed by atoms with Crippen LogP contribution in [0.15, 0.2) is 83.0 Å². The molecule has 0 aromatic rings. The second kappa shape index (κ2) is 9.94. The number of hydrogen-bond donors (Lipinski definition) is 0. The molecule has 0 nitrogen and oxygen atoms in total. The van der Waals surface area contributed by atoms with Crippen LogP contribution in [0.1, 0.15) is 34.1 Å². The molecule has 0 N–H and O–H groups in total. The maximum Gasteiger partial charge on any atom is 0.162 e. The first-order valence-electron chi connectivity index (χ1n) is 7.13. The highest BCUT2D eigenvalue weighted by molar-refractivity contribution is 6.23. The van der Waals surface area contributed by atoms with E-state index in [9.17, 15) is 8.78 Å². The summed E-state index contributed by atoms with van der Waals surface area (Å²) in [6.07, 6.45) is 9.05. The summed E-state index contributed by atoms with van der Waals surface area (Å²) < 4.78 is 28.6. The molecular formula is C19H23BF2. The van der Waals surface area contributed by atoms with Crippen molar-refractivity contribution in [3.63, 3.8) is 0 Å². The topological polar surface area (TPSA) is 0 Å². The van der Waals surface area contributed by atoms with E-state index in [4.69, 9.17) is 7.85 Å². The molecule has 0 aliphatic rings. The van der Waals surface area contributed by atoms with Gasteiger partial charge in [0, 0.05) is 0 Å². The van der Waals surface area contributed by atoms with Crippen molar-refractivity contribution < 1.29 is 8.78 Å². The summed E-state index contributed by atoms with van der Waals surface area (Å²) in [5.74, 6) is -1.77. The third-order valence-corrected chi connectivity index (χ3v) is 3.18. The van der Waals surface area contributed by atoms with Gasteiger partial charge in [0.2, 0.25) is 0 Å². The van der Waals surface area contributed by atoms with Gasteiger partial charge in [0.1, 0.15) is 7.85 Å². The molecule has 0 unspecified atom stereocenters. The Bertz CT molecular complexity index is 585. The Morgan fingerprint density at radius 2 is 1.59 bits per heavy atom. The van der Waals surface area contributed by atoms with Crippen LogP contribution in [0.2, 0.25) is 0 Å². The first-order valence-corrected chi connectivity index (χ1v) is 7.13. The van der Waals surface area contributed by atoms with Crippen molar-refractivity contribution in [1.29, 1.82) is 0 Å². The molecule has 0 aromatic carbocycles. The zero-order chi connectivity index (χ0) is 17.3. The zero-order valence-electron chi connectivity index (χ0n) is 13.8. The second-order valence-corrected chi connectivity index (χ2v) is 4.88. The minimum absolute atomic E-state index is 0.135. The zero-order valence-corrected chi connectivity index (χ0v) is 13.8. The summed E-state index contributed by atoms with van der Waals surface area (Å²) in [6, 6.07) is 0. The number of hydrogen-bond acceptors (Lipinski definition) is 0. The van der Waals surface area contributed by atoms with Crippen LogP contribution in [0.3, 0.4) is 0 Å². The van der Waals surface area contributed by atoms with Crippen molar-refractivity contribution in [3.8, 4) is 0 Å². The van der Waals surface area contributed by atoms with Gasteiger partial charge in [-0.05, 0) is 49.5 Å². The molecule has 0 atom stereocenters. The average Bonchev–Trinajstić information content (AvgIpc) is 2.50. The lowest BCUT2D eigenvalue weighted by Gasteiger charge is -2.09. The highest BCUT2D eigenvalue weighted by atomic mass is 19.2. The Morgan fingerprint density at radius 3 is 2.05 bits per heavy atom. The molecule has 0 aliphatic heterocycles. The van der Waals surface area contributed by atoms with Crippen LogP contribution in [-0.2, 0) is 0 Å². The van der Waals surface area contributed by atoms with Crippen molar-refractivity contribution in [3.05, 3.63) is 83.0 Å². The van der Waals surface area contributed by atoms with E-state index in [1.165, 1.54) is 19.1 Å². The third kappa shape index (κ3) is 6.25. The lowest BCUT2D eigenvalue weighted by molar-refractivity contribution is 0.532. The Kier molecular flexibility index (Phi) is 9.08. The van der Waals surface area contributed by atoms with Gasteiger partial charge in [-0.15, -0.1) is 12.1 Å². The molecule has 0 spiro atoms. The highest BCUT2D eigenvalue weighted by Crippen LogP contribution is 2.29. The second-order valence-electron chi connectivity index (χ2n) is 4.88. The van der Waals surface area contributed by atoms with E-state index in [1.807, 2.05) is 19.9 Å². The maximum atomic E-state index is 14.3. The predicted molar refractivity (Wildman–Crippen MR) is 94.0 cm³/mol. The first-order chi connectivity index (χ1) is 10.3. The van der Waals surface area contributed by atoms with E-state index < -0.39 is 11.7 Å². The first kappa shape index (κ1) is 20.1. The monoisotopic (exact) mass is 300 g/mol. The summed E-state index contributed by atoms with van der Waals surface area (Å²) in [6.45, 7) is 14.0. The summed E-state index contributed by atoms with van der Waals surface area (Å²) >= 11 is 0. The summed E-state index contributed by atoms with van der Waals surface area (Å²) in [5.41, 5.74) is 1.84. The van der Waals surface area contributed by atoms with Crippen molar-refractivity contribution in [2.24, 2.45) is 0 Å². The molecule has 0 saturated carbocycles. The molecule has 0 amide bonds. The van der Waals surface area contributed by atoms with Crippen LogP contribution in [0.4, 0.5) is 8.78 Å². The van der Waals surface area contributed by atoms with Gasteiger partial charge in [0.05, 0.1) is 0 Å². The molecule has 0 saturated heterocycles. The van der Waals surface area contributed by atoms with E-state index >= 15 is 0 Å². The van der Waals surface area contributed by atoms with E-state index in [1.54, 1.807) is 19.1 Å². The van der Waals surface area contributed by atoms with Gasteiger partial charge in [-0.1, -0.05) is 43.9 Å². The van der Waals surface area contributed by atoms with Crippen molar-refractivity contribution in [1.82, 2.24) is 0 Å². The van der Waals surface area contributed by atoms with E-state index in [2.05, 4.69) is 13.2 Å². The van der Waals surface area contributed by atoms with Crippen LogP contribution in [0, 0.1) is 0 Å². The van der Waals surface area contributed by atoms with E-state index in [0.717, 1.165) is 5.57 Å². The smallest absolute Gasteiger partial charge is 0.162 e. The van der Waals surface area contributed by atoms with Crippen LogP contribution in [-0.4, -0.2) is 7.85 Å². The number of allylic oxidation sites excluding steroid dienone is 12. The Hall–Kier alpha value is -1.90. The normalized spacial score (nSPS) is 15.1. The van der Waals surface area contributed by atoms with E-state index in [0.29, 0.717) is 17.5 Å². The summed E-state index contributed by atoms with van der Waals surface area (Å²) in [5, 5.41) is 0. The van der Waals surface area contributed by atoms with E-state index in [-0.39, 0.29) is 11.1 Å². The van der Waals surface area contributed by atoms with Gasteiger partial charge in [0.25, 0.3) is 0 Å². The van der Waals surface area contributed by atoms with Gasteiger partial charge in [-0.2, -0.15) is 0 Å². The molecule has 3 heteroatoms. The fourth-order valence-electron chi connectivity index (χ4n) is 1.66. The fraction of sp³-hybridized carbons (Fsp3) is 0.263. The molecule has 22 heavy (non-hydrogen) atoms. The third-order valence-electron chi connectivity index (χ3n) is 3.18. The fourth-order valence-corrected chi connectivity index (χ4v) is 1.66. The lowest BCUT2D eigenvalue weighted by atomic mass is 9.95. The number of halogens is 2. The predicted octanol–water partition coefficient (Wildman–Crippen LogP) is 6.18. The molecule has 2 radical (unpaired) electrons. The quantitative estimate of drug-likeness (QED) is 0.389. The standard InChI is InChI=1S/C19H23BF2/c1-7-9-10-17(8-2)16(6)19(22)18(21)15(5)13(3)11-12-14(4)20/h7,9-12H,3-4,8H2,1-2,5-6H3/b9-7?,12-11-,17-10+,18-15-,19-16-. The van der Waals surface area contributed by atoms with Crippen molar-refractivity contribution in [2.75, 3.05) is 0 Å². The average molecular weight is 300 g/mol. The van der Waals surface area contributed by atoms with Crippen molar-refractivity contribution in [2.45, 2.75) is 34.1 Å². The maximum absolute atomic E-state index is 14.3. The minimum atomic E-state index is -0.908. The SMILES string of the molecule is [B]C(=C)/C=C\C(=C)/C(C)=C(F)/C(F)=C(C)/C(=C/C=CC)CC. The minimum Gasteiger partial charge on any atom is -0.203 e. The molecule has 0 aromatic heterocycles. The molecule has 0 rings (SSSR count). The molecule has 0 heterocycles. The van der Waals surface area contributed by atoms with Gasteiger partial charge in [-0.3, -0.25) is 0 Å². The lowest BCUT2D eigenvalue weighted by Crippen LogP contribution is -1.93. The van der Waals surface area contributed by atoms with Crippen LogP contribution >= 0.6 is 0 Å². The largest absolute Gasteiger partial charge is 0.203 e. The van der Waals surface area contributed by atoms with Crippen molar-refractivity contribution >= 4 is 7.85 Å². The Morgan fingerprint density at radius 1 is 1.05 bits per heavy atom. The highest BCUT2D eigenvalue weighted by Gasteiger charge is 2.14. The Balaban J connectivity index is 5.69. The molecule has 116 valence electrons. The van der Waals surface area contributed by atoms with Gasteiger partial charge >= 0.3 is 0 Å². The molecule has 0 bridgehead atoms. The van der Waals surface area contributed by atoms with Gasteiger partial charge < -0.3 is 0 Å². The van der Waals surface area contributed by atoms with Crippen LogP contribution < -0.4 is 0 Å². The molecular weight excluding hydrogens is 277 g/mol. The molecule has 0 aliphatic carbocycles. The van der Waals surface area contributed by atoms with Gasteiger partial charge in [0.15, 0.2) is 11.7 Å². The van der Waals surface area contributed by atoms with Gasteiger partial charge in [-0.25, -0.2) is 8.78 Å². The Labute approximate surface area is 134 Å².